The molecule has 0 aliphatic carbocycles. The summed E-state index contributed by atoms with van der Waals surface area (Å²) in [7, 11) is 2.40. The van der Waals surface area contributed by atoms with Crippen LogP contribution >= 0.6 is 0 Å². The van der Waals surface area contributed by atoms with Gasteiger partial charge in [-0.05, 0) is 0 Å². The average Bonchev–Trinajstić information content (AvgIpc) is 2.30. The predicted molar refractivity (Wildman–Crippen MR) is 50.9 cm³/mol. The van der Waals surface area contributed by atoms with Gasteiger partial charge in [-0.1, -0.05) is 0 Å². The minimum absolute atomic E-state index is 0.0457. The number of rotatable bonds is 0. The van der Waals surface area contributed by atoms with Crippen LogP contribution in [0.25, 0.3) is 0 Å². The maximum Gasteiger partial charge on any atom is 0.428 e. The fourth-order valence-corrected chi connectivity index (χ4v) is 1.42. The summed E-state index contributed by atoms with van der Waals surface area (Å²) in [6, 6.07) is -0.375. The lowest BCUT2D eigenvalue weighted by molar-refractivity contribution is -0.448. The molecular weight excluding hydrogens is 218 g/mol. The van der Waals surface area contributed by atoms with Gasteiger partial charge in [0.05, 0.1) is 20.8 Å². The molecule has 8 heteroatoms. The van der Waals surface area contributed by atoms with Gasteiger partial charge in [-0.25, -0.2) is 19.6 Å². The number of β-amino-alcohol motifs (C(OH)–C–C–N with tert-alkyl or cyclic N) is 1. The molecule has 8 nitrogen and oxygen atoms in total. The highest BCUT2D eigenvalue weighted by molar-refractivity contribution is 5.74. The Morgan fingerprint density at radius 2 is 1.62 bits per heavy atom. The highest BCUT2D eigenvalue weighted by Crippen LogP contribution is 2.12. The Hall–Kier alpha value is -1.54. The van der Waals surface area contributed by atoms with Crippen molar-refractivity contribution in [3.8, 4) is 0 Å². The number of hydrogen-bond acceptors (Lipinski definition) is 5. The Balaban J connectivity index is 2.83. The van der Waals surface area contributed by atoms with Gasteiger partial charge in [0.1, 0.15) is 18.7 Å². The average molecular weight is 234 g/mol. The third kappa shape index (κ3) is 2.34. The van der Waals surface area contributed by atoms with Gasteiger partial charge >= 0.3 is 12.2 Å². The second-order valence-corrected chi connectivity index (χ2v) is 3.43. The van der Waals surface area contributed by atoms with E-state index in [4.69, 9.17) is 0 Å². The molecule has 0 aromatic carbocycles. The Labute approximate surface area is 92.5 Å². The highest BCUT2D eigenvalue weighted by atomic mass is 16.6. The smallest absolute Gasteiger partial charge is 0.428 e. The molecule has 1 rings (SSSR count). The summed E-state index contributed by atoms with van der Waals surface area (Å²) in [6.45, 7) is 0.0544. The quantitative estimate of drug-likeness (QED) is 0.505. The first kappa shape index (κ1) is 12.5. The molecule has 1 fully saturated rings. The van der Waals surface area contributed by atoms with Gasteiger partial charge in [0.15, 0.2) is 0 Å². The van der Waals surface area contributed by atoms with Crippen molar-refractivity contribution in [2.24, 2.45) is 0 Å². The molecule has 2 atom stereocenters. The van der Waals surface area contributed by atoms with E-state index in [1.165, 1.54) is 14.2 Å². The molecule has 92 valence electrons. The van der Waals surface area contributed by atoms with E-state index >= 15 is 0 Å². The number of amides is 2. The standard InChI is InChI=1S/C8H15N3O5/c1-15-7(13)10-3-5(9)6(12)4-11(10)8(14)16-2/h5-6,12H,3-4,9H2,1-2H3/p+1/t5-,6-/m0/s1. The Bertz CT molecular complexity index is 257. The summed E-state index contributed by atoms with van der Waals surface area (Å²) < 4.78 is 9.03. The van der Waals surface area contributed by atoms with E-state index in [1.54, 1.807) is 0 Å². The molecule has 2 amide bonds. The van der Waals surface area contributed by atoms with E-state index in [1.807, 2.05) is 0 Å². The first-order valence-corrected chi connectivity index (χ1v) is 4.73. The zero-order valence-electron chi connectivity index (χ0n) is 9.25. The second kappa shape index (κ2) is 4.99. The maximum absolute atomic E-state index is 11.4. The molecule has 0 unspecified atom stereocenters. The van der Waals surface area contributed by atoms with Crippen LogP contribution in [-0.2, 0) is 9.47 Å². The normalized spacial score (nSPS) is 25.2. The predicted octanol–water partition coefficient (Wildman–Crippen LogP) is -1.98. The van der Waals surface area contributed by atoms with Gasteiger partial charge < -0.3 is 20.3 Å². The van der Waals surface area contributed by atoms with E-state index in [2.05, 4.69) is 15.2 Å². The van der Waals surface area contributed by atoms with E-state index in [9.17, 15) is 14.7 Å². The lowest BCUT2D eigenvalue weighted by atomic mass is 10.1. The van der Waals surface area contributed by atoms with Gasteiger partial charge in [0.2, 0.25) is 0 Å². The fraction of sp³-hybridized carbons (Fsp3) is 0.750. The number of carbonyl (C=O) groups excluding carboxylic acids is 2. The SMILES string of the molecule is COC(=O)N1C[C@H]([NH3+])[C@@H](O)CN1C(=O)OC. The lowest BCUT2D eigenvalue weighted by Crippen LogP contribution is -2.77. The zero-order valence-corrected chi connectivity index (χ0v) is 9.25. The summed E-state index contributed by atoms with van der Waals surface area (Å²) >= 11 is 0. The van der Waals surface area contributed by atoms with Crippen LogP contribution in [0.2, 0.25) is 0 Å². The Morgan fingerprint density at radius 1 is 1.19 bits per heavy atom. The first-order chi connectivity index (χ1) is 7.51. The van der Waals surface area contributed by atoms with Gasteiger partial charge in [0, 0.05) is 0 Å². The van der Waals surface area contributed by atoms with Crippen molar-refractivity contribution in [3.05, 3.63) is 0 Å². The number of hydrogen-bond donors (Lipinski definition) is 2. The largest absolute Gasteiger partial charge is 0.452 e. The van der Waals surface area contributed by atoms with E-state index in [0.717, 1.165) is 10.0 Å². The molecule has 0 aromatic rings. The van der Waals surface area contributed by atoms with Crippen LogP contribution in [0, 0.1) is 0 Å². The summed E-state index contributed by atoms with van der Waals surface area (Å²) in [5, 5.41) is 11.6. The molecule has 0 spiro atoms. The van der Waals surface area contributed by atoms with Gasteiger partial charge in [-0.15, -0.1) is 0 Å². The number of aliphatic hydroxyl groups is 1. The van der Waals surface area contributed by atoms with Gasteiger partial charge in [-0.3, -0.25) is 0 Å². The minimum Gasteiger partial charge on any atom is -0.452 e. The van der Waals surface area contributed by atoms with E-state index in [-0.39, 0.29) is 19.1 Å². The van der Waals surface area contributed by atoms with Crippen molar-refractivity contribution in [2.75, 3.05) is 27.3 Å². The van der Waals surface area contributed by atoms with Crippen molar-refractivity contribution in [1.82, 2.24) is 10.0 Å². The van der Waals surface area contributed by atoms with Crippen molar-refractivity contribution >= 4 is 12.2 Å². The van der Waals surface area contributed by atoms with Crippen LogP contribution in [0.1, 0.15) is 0 Å². The van der Waals surface area contributed by atoms with Crippen LogP contribution in [0.3, 0.4) is 0 Å². The minimum atomic E-state index is -0.792. The third-order valence-corrected chi connectivity index (χ3v) is 2.37. The molecule has 4 N–H and O–H groups in total. The van der Waals surface area contributed by atoms with Gasteiger partial charge in [0.25, 0.3) is 0 Å². The van der Waals surface area contributed by atoms with Crippen LogP contribution in [0.5, 0.6) is 0 Å². The number of methoxy groups -OCH3 is 2. The molecule has 0 aromatic heterocycles. The number of hydrazine groups is 1. The van der Waals surface area contributed by atoms with Crippen LogP contribution in [0.15, 0.2) is 0 Å². The topological polar surface area (TPSA) is 107 Å². The molecule has 1 aliphatic heterocycles. The van der Waals surface area contributed by atoms with Crippen molar-refractivity contribution < 1.29 is 29.9 Å². The Kier molecular flexibility index (Phi) is 3.91. The molecule has 1 heterocycles. The molecule has 1 saturated heterocycles. The first-order valence-electron chi connectivity index (χ1n) is 4.73. The molecular formula is C8H16N3O5+. The molecule has 0 bridgehead atoms. The molecule has 0 radical (unpaired) electrons. The lowest BCUT2D eigenvalue weighted by Gasteiger charge is -2.39. The maximum atomic E-state index is 11.4. The highest BCUT2D eigenvalue weighted by Gasteiger charge is 2.39. The summed E-state index contributed by atoms with van der Waals surface area (Å²) in [5.74, 6) is 0. The Morgan fingerprint density at radius 3 is 2.06 bits per heavy atom. The number of nitrogens with zero attached hydrogens (tertiary/aromatic N) is 2. The van der Waals surface area contributed by atoms with E-state index in [0.29, 0.717) is 0 Å². The number of aliphatic hydroxyl groups excluding tert-OH is 1. The third-order valence-electron chi connectivity index (χ3n) is 2.37. The summed E-state index contributed by atoms with van der Waals surface area (Å²) in [6.07, 6.45) is -2.21. The fourth-order valence-electron chi connectivity index (χ4n) is 1.42. The van der Waals surface area contributed by atoms with Gasteiger partial charge in [-0.2, -0.15) is 0 Å². The number of carbonyl (C=O) groups is 2. The van der Waals surface area contributed by atoms with Crippen LogP contribution in [-0.4, -0.2) is 66.8 Å². The molecule has 0 saturated carbocycles. The van der Waals surface area contributed by atoms with Crippen molar-refractivity contribution in [1.29, 1.82) is 0 Å². The summed E-state index contributed by atoms with van der Waals surface area (Å²) in [5.41, 5.74) is 3.69. The second-order valence-electron chi connectivity index (χ2n) is 3.43. The van der Waals surface area contributed by atoms with Crippen molar-refractivity contribution in [2.45, 2.75) is 12.1 Å². The van der Waals surface area contributed by atoms with E-state index < -0.39 is 18.3 Å². The van der Waals surface area contributed by atoms with Crippen molar-refractivity contribution in [3.63, 3.8) is 0 Å². The van der Waals surface area contributed by atoms with Crippen LogP contribution < -0.4 is 5.73 Å². The molecule has 1 aliphatic rings. The van der Waals surface area contributed by atoms with Crippen LogP contribution in [0.4, 0.5) is 9.59 Å². The number of quaternary nitrogens is 1. The number of ether oxygens (including phenoxy) is 2. The summed E-state index contributed by atoms with van der Waals surface area (Å²) in [4.78, 5) is 22.8. The monoisotopic (exact) mass is 234 g/mol. The zero-order chi connectivity index (χ0) is 12.3. The molecule has 16 heavy (non-hydrogen) atoms.